The fraction of sp³-hybridized carbons (Fsp3) is 0.129. The van der Waals surface area contributed by atoms with E-state index in [0.29, 0.717) is 42.1 Å². The van der Waals surface area contributed by atoms with E-state index in [9.17, 15) is 46.1 Å². The highest BCUT2D eigenvalue weighted by molar-refractivity contribution is 7.99. The number of hydrogen-bond acceptors (Lipinski definition) is 6. The summed E-state index contributed by atoms with van der Waals surface area (Å²) in [5.74, 6) is -3.87. The number of halogens is 9. The number of aromatic hydroxyl groups is 2. The Morgan fingerprint density at radius 2 is 1.42 bits per heavy atom. The van der Waals surface area contributed by atoms with Crippen molar-refractivity contribution in [3.63, 3.8) is 0 Å². The minimum atomic E-state index is -4.83. The smallest absolute Gasteiger partial charge is 0.416 e. The number of benzene rings is 2. The highest BCUT2D eigenvalue weighted by atomic mass is 35.5. The van der Waals surface area contributed by atoms with Crippen molar-refractivity contribution < 1.29 is 46.1 Å². The number of aromatic amines is 1. The third kappa shape index (κ3) is 7.02. The standard InChI is InChI=1S/C31H18Cl3F6N3O4S/c32-19-13-20(26(46)17-6-4-14(11-21(17)44)30(35,36)37)43(29(19)48-10-8-16-3-1-2-9-41-16)25-23(33)28(34)42-24(25)27(47)18-7-5-15(12-22(18)45)31(38,39)40/h1-7,9,11-13,42,44-45H,8,10H2. The number of carbonyl (C=O) groups is 2. The van der Waals surface area contributed by atoms with Crippen LogP contribution in [0.1, 0.15) is 48.9 Å². The molecule has 48 heavy (non-hydrogen) atoms. The number of phenols is 2. The van der Waals surface area contributed by atoms with Crippen LogP contribution in [0.5, 0.6) is 11.5 Å². The van der Waals surface area contributed by atoms with Crippen molar-refractivity contribution in [1.29, 1.82) is 0 Å². The summed E-state index contributed by atoms with van der Waals surface area (Å²) in [7, 11) is 0. The summed E-state index contributed by atoms with van der Waals surface area (Å²) in [5, 5.41) is 20.2. The number of hydrogen-bond donors (Lipinski definition) is 3. The molecule has 0 fully saturated rings. The van der Waals surface area contributed by atoms with Gasteiger partial charge in [0.15, 0.2) is 0 Å². The summed E-state index contributed by atoms with van der Waals surface area (Å²) in [4.78, 5) is 34.4. The van der Waals surface area contributed by atoms with Crippen molar-refractivity contribution in [2.45, 2.75) is 23.8 Å². The van der Waals surface area contributed by atoms with Crippen molar-refractivity contribution in [3.05, 3.63) is 121 Å². The van der Waals surface area contributed by atoms with E-state index in [1.54, 1.807) is 24.4 Å². The van der Waals surface area contributed by atoms with Gasteiger partial charge in [0.05, 0.1) is 43.7 Å². The zero-order chi connectivity index (χ0) is 35.1. The molecule has 3 aromatic heterocycles. The monoisotopic (exact) mass is 747 g/mol. The highest BCUT2D eigenvalue weighted by Gasteiger charge is 2.35. The second-order valence-electron chi connectivity index (χ2n) is 10.0. The van der Waals surface area contributed by atoms with Crippen LogP contribution >= 0.6 is 46.6 Å². The number of rotatable bonds is 9. The van der Waals surface area contributed by atoms with Crippen molar-refractivity contribution >= 4 is 58.1 Å². The molecule has 250 valence electrons. The van der Waals surface area contributed by atoms with E-state index in [2.05, 4.69) is 9.97 Å². The normalized spacial score (nSPS) is 12.0. The third-order valence-corrected chi connectivity index (χ3v) is 9.16. The van der Waals surface area contributed by atoms with Crippen molar-refractivity contribution in [2.24, 2.45) is 0 Å². The first-order chi connectivity index (χ1) is 22.5. The third-order valence-electron chi connectivity index (χ3n) is 6.93. The van der Waals surface area contributed by atoms with E-state index in [4.69, 9.17) is 34.8 Å². The number of thioether (sulfide) groups is 1. The second kappa shape index (κ2) is 13.4. The van der Waals surface area contributed by atoms with Crippen LogP contribution in [0.15, 0.2) is 71.9 Å². The summed E-state index contributed by atoms with van der Waals surface area (Å²) < 4.78 is 80.6. The molecular weight excluding hydrogens is 731 g/mol. The average Bonchev–Trinajstić information content (AvgIpc) is 3.50. The highest BCUT2D eigenvalue weighted by Crippen LogP contribution is 2.43. The molecule has 3 N–H and O–H groups in total. The van der Waals surface area contributed by atoms with Crippen LogP contribution in [0.4, 0.5) is 26.3 Å². The van der Waals surface area contributed by atoms with Crippen LogP contribution in [0, 0.1) is 0 Å². The molecule has 0 atom stereocenters. The van der Waals surface area contributed by atoms with E-state index in [1.165, 1.54) is 0 Å². The van der Waals surface area contributed by atoms with Crippen LogP contribution in [-0.2, 0) is 18.8 Å². The fourth-order valence-corrected chi connectivity index (χ4v) is 6.45. The molecule has 0 saturated carbocycles. The number of nitrogens with zero attached hydrogens (tertiary/aromatic N) is 2. The Bertz CT molecular complexity index is 2050. The van der Waals surface area contributed by atoms with Crippen molar-refractivity contribution in [1.82, 2.24) is 14.5 Å². The summed E-state index contributed by atoms with van der Waals surface area (Å²) in [5.41, 5.74) is -4.07. The van der Waals surface area contributed by atoms with Crippen LogP contribution in [0.25, 0.3) is 5.69 Å². The van der Waals surface area contributed by atoms with Crippen molar-refractivity contribution in [3.8, 4) is 17.2 Å². The van der Waals surface area contributed by atoms with Gasteiger partial charge in [-0.1, -0.05) is 40.9 Å². The van der Waals surface area contributed by atoms with Crippen LogP contribution in [-0.4, -0.2) is 42.1 Å². The lowest BCUT2D eigenvalue weighted by Crippen LogP contribution is -2.14. The van der Waals surface area contributed by atoms with E-state index in [0.717, 1.165) is 34.5 Å². The van der Waals surface area contributed by atoms with Gasteiger partial charge in [0.25, 0.3) is 0 Å². The molecule has 0 radical (unpaired) electrons. The Morgan fingerprint density at radius 3 is 1.94 bits per heavy atom. The molecule has 5 rings (SSSR count). The van der Waals surface area contributed by atoms with Crippen LogP contribution in [0.3, 0.4) is 0 Å². The Hall–Kier alpha value is -4.11. The maximum atomic E-state index is 13.9. The Labute approximate surface area is 286 Å². The number of phenolic OH excluding ortho intramolecular Hbond substituents is 2. The Kier molecular flexibility index (Phi) is 9.84. The summed E-state index contributed by atoms with van der Waals surface area (Å²) in [6.45, 7) is 0. The van der Waals surface area contributed by atoms with E-state index in [1.807, 2.05) is 0 Å². The maximum absolute atomic E-state index is 13.9. The Balaban J connectivity index is 1.67. The molecule has 0 saturated heterocycles. The zero-order valence-electron chi connectivity index (χ0n) is 23.7. The summed E-state index contributed by atoms with van der Waals surface area (Å²) in [6, 6.07) is 9.79. The summed E-state index contributed by atoms with van der Waals surface area (Å²) >= 11 is 20.5. The van der Waals surface area contributed by atoms with Gasteiger partial charge in [-0.2, -0.15) is 26.3 Å². The molecular formula is C31H18Cl3F6N3O4S. The number of aromatic nitrogens is 3. The molecule has 0 unspecified atom stereocenters. The minimum Gasteiger partial charge on any atom is -0.507 e. The quantitative estimate of drug-likeness (QED) is 0.0788. The first-order valence-electron chi connectivity index (χ1n) is 13.4. The first-order valence-corrected chi connectivity index (χ1v) is 15.5. The predicted molar refractivity (Wildman–Crippen MR) is 167 cm³/mol. The van der Waals surface area contributed by atoms with Crippen molar-refractivity contribution in [2.75, 3.05) is 5.75 Å². The number of carbonyl (C=O) groups excluding carboxylic acids is 2. The molecule has 0 aliphatic carbocycles. The number of aryl methyl sites for hydroxylation is 1. The maximum Gasteiger partial charge on any atom is 0.416 e. The molecule has 0 spiro atoms. The van der Waals surface area contributed by atoms with Crippen LogP contribution < -0.4 is 0 Å². The largest absolute Gasteiger partial charge is 0.507 e. The number of H-pyrrole nitrogens is 1. The molecule has 0 aliphatic heterocycles. The van der Waals surface area contributed by atoms with Gasteiger partial charge in [-0.3, -0.25) is 19.1 Å². The topological polar surface area (TPSA) is 108 Å². The fourth-order valence-electron chi connectivity index (χ4n) is 4.67. The zero-order valence-corrected chi connectivity index (χ0v) is 26.8. The van der Waals surface area contributed by atoms with Gasteiger partial charge in [-0.25, -0.2) is 0 Å². The van der Waals surface area contributed by atoms with Gasteiger partial charge in [0, 0.05) is 17.6 Å². The number of nitrogens with one attached hydrogen (secondary N) is 1. The predicted octanol–water partition coefficient (Wildman–Crippen LogP) is 9.41. The van der Waals surface area contributed by atoms with Crippen LogP contribution in [0.2, 0.25) is 15.2 Å². The molecule has 17 heteroatoms. The Morgan fingerprint density at radius 1 is 0.833 bits per heavy atom. The lowest BCUT2D eigenvalue weighted by Gasteiger charge is -2.16. The summed E-state index contributed by atoms with van der Waals surface area (Å²) in [6.07, 6.45) is -7.68. The van der Waals surface area contributed by atoms with Gasteiger partial charge >= 0.3 is 12.4 Å². The first kappa shape index (κ1) is 35.2. The lowest BCUT2D eigenvalue weighted by molar-refractivity contribution is -0.138. The van der Waals surface area contributed by atoms with Gasteiger partial charge in [0.1, 0.15) is 27.4 Å². The minimum absolute atomic E-state index is 0.0695. The molecule has 0 bridgehead atoms. The molecule has 0 aliphatic rings. The number of pyridine rings is 1. The van der Waals surface area contributed by atoms with Gasteiger partial charge in [-0.15, -0.1) is 11.8 Å². The number of ketones is 2. The molecule has 0 amide bonds. The van der Waals surface area contributed by atoms with E-state index >= 15 is 0 Å². The van der Waals surface area contributed by atoms with Gasteiger partial charge in [-0.05, 0) is 61.0 Å². The molecule has 2 aromatic carbocycles. The van der Waals surface area contributed by atoms with Gasteiger partial charge < -0.3 is 15.2 Å². The second-order valence-corrected chi connectivity index (χ2v) is 12.3. The lowest BCUT2D eigenvalue weighted by atomic mass is 10.0. The van der Waals surface area contributed by atoms with E-state index < -0.39 is 63.4 Å². The average molecular weight is 749 g/mol. The number of alkyl halides is 6. The SMILES string of the molecule is O=C(c1ccc(C(F)(F)F)cc1O)c1[nH]c(Cl)c(Cl)c1-n1c(C(=O)c2ccc(C(F)(F)F)cc2O)cc(Cl)c1SCCc1ccccn1. The van der Waals surface area contributed by atoms with Gasteiger partial charge in [0.2, 0.25) is 11.6 Å². The van der Waals surface area contributed by atoms with E-state index in [-0.39, 0.29) is 31.6 Å². The molecule has 3 heterocycles. The molecule has 7 nitrogen and oxygen atoms in total. The molecule has 5 aromatic rings.